The number of rotatable bonds is 5. The molecule has 5 heteroatoms. The predicted molar refractivity (Wildman–Crippen MR) is 85.2 cm³/mol. The standard InChI is InChI=1S/C15H16N2O2S/c1-18-13-8-7-12(9-14(13)19-2)17-11-5-3-10(4-6-11)15(16)20/h3-9,17H,1-2H3,(H2,16,20). The fourth-order valence-electron chi connectivity index (χ4n) is 1.80. The average Bonchev–Trinajstić information content (AvgIpc) is 2.47. The lowest BCUT2D eigenvalue weighted by atomic mass is 10.2. The topological polar surface area (TPSA) is 56.5 Å². The Bertz CT molecular complexity index is 612. The van der Waals surface area contributed by atoms with Crippen LogP contribution in [0.5, 0.6) is 11.5 Å². The van der Waals surface area contributed by atoms with Gasteiger partial charge in [-0.05, 0) is 36.4 Å². The fraction of sp³-hybridized carbons (Fsp3) is 0.133. The number of nitrogens with one attached hydrogen (secondary N) is 1. The molecule has 0 fully saturated rings. The van der Waals surface area contributed by atoms with Crippen LogP contribution in [0.25, 0.3) is 0 Å². The van der Waals surface area contributed by atoms with E-state index < -0.39 is 0 Å². The van der Waals surface area contributed by atoms with Gasteiger partial charge in [-0.15, -0.1) is 0 Å². The third-order valence-electron chi connectivity index (χ3n) is 2.84. The molecule has 0 spiro atoms. The fourth-order valence-corrected chi connectivity index (χ4v) is 1.93. The van der Waals surface area contributed by atoms with Crippen LogP contribution in [0.4, 0.5) is 11.4 Å². The third kappa shape index (κ3) is 3.19. The van der Waals surface area contributed by atoms with Crippen molar-refractivity contribution < 1.29 is 9.47 Å². The van der Waals surface area contributed by atoms with Gasteiger partial charge in [0.25, 0.3) is 0 Å². The monoisotopic (exact) mass is 288 g/mol. The van der Waals surface area contributed by atoms with Gasteiger partial charge in [-0.1, -0.05) is 12.2 Å². The summed E-state index contributed by atoms with van der Waals surface area (Å²) in [6.07, 6.45) is 0. The molecule has 0 saturated carbocycles. The zero-order valence-electron chi connectivity index (χ0n) is 11.3. The van der Waals surface area contributed by atoms with Crippen molar-refractivity contribution in [2.24, 2.45) is 5.73 Å². The minimum atomic E-state index is 0.391. The quantitative estimate of drug-likeness (QED) is 0.828. The molecular weight excluding hydrogens is 272 g/mol. The second kappa shape index (κ2) is 6.25. The Morgan fingerprint density at radius 3 is 2.10 bits per heavy atom. The number of nitrogens with two attached hydrogens (primary N) is 1. The molecule has 2 aromatic carbocycles. The maximum Gasteiger partial charge on any atom is 0.162 e. The molecule has 0 atom stereocenters. The molecule has 0 bridgehead atoms. The maximum atomic E-state index is 5.57. The minimum Gasteiger partial charge on any atom is -0.493 e. The first-order chi connectivity index (χ1) is 9.63. The maximum absolute atomic E-state index is 5.57. The van der Waals surface area contributed by atoms with E-state index in [1.807, 2.05) is 42.5 Å². The lowest BCUT2D eigenvalue weighted by Crippen LogP contribution is -2.08. The molecule has 3 N–H and O–H groups in total. The summed E-state index contributed by atoms with van der Waals surface area (Å²) in [6, 6.07) is 13.3. The highest BCUT2D eigenvalue weighted by Gasteiger charge is 2.05. The Labute approximate surface area is 123 Å². The molecule has 0 aromatic heterocycles. The number of hydrogen-bond acceptors (Lipinski definition) is 4. The molecule has 2 rings (SSSR count). The van der Waals surface area contributed by atoms with E-state index in [4.69, 9.17) is 27.4 Å². The Morgan fingerprint density at radius 1 is 0.950 bits per heavy atom. The first-order valence-electron chi connectivity index (χ1n) is 6.03. The normalized spacial score (nSPS) is 9.90. The van der Waals surface area contributed by atoms with Crippen molar-refractivity contribution in [3.63, 3.8) is 0 Å². The zero-order valence-corrected chi connectivity index (χ0v) is 12.2. The van der Waals surface area contributed by atoms with Crippen LogP contribution in [0, 0.1) is 0 Å². The molecule has 0 heterocycles. The van der Waals surface area contributed by atoms with Gasteiger partial charge < -0.3 is 20.5 Å². The van der Waals surface area contributed by atoms with E-state index in [0.29, 0.717) is 16.5 Å². The van der Waals surface area contributed by atoms with Crippen LogP contribution < -0.4 is 20.5 Å². The number of anilines is 2. The van der Waals surface area contributed by atoms with Crippen molar-refractivity contribution >= 4 is 28.6 Å². The van der Waals surface area contributed by atoms with Crippen molar-refractivity contribution in [2.45, 2.75) is 0 Å². The number of ether oxygens (including phenoxy) is 2. The average molecular weight is 288 g/mol. The molecule has 0 amide bonds. The SMILES string of the molecule is COc1ccc(Nc2ccc(C(N)=S)cc2)cc1OC. The number of hydrogen-bond donors (Lipinski definition) is 2. The molecule has 0 aliphatic heterocycles. The predicted octanol–water partition coefficient (Wildman–Crippen LogP) is 3.08. The third-order valence-corrected chi connectivity index (χ3v) is 3.08. The van der Waals surface area contributed by atoms with E-state index in [1.165, 1.54) is 0 Å². The summed E-state index contributed by atoms with van der Waals surface area (Å²) in [4.78, 5) is 0.391. The van der Waals surface area contributed by atoms with E-state index in [-0.39, 0.29) is 0 Å². The minimum absolute atomic E-state index is 0.391. The molecule has 0 saturated heterocycles. The van der Waals surface area contributed by atoms with E-state index in [0.717, 1.165) is 16.9 Å². The van der Waals surface area contributed by atoms with Crippen molar-refractivity contribution in [3.8, 4) is 11.5 Å². The van der Waals surface area contributed by atoms with Crippen LogP contribution in [0.15, 0.2) is 42.5 Å². The van der Waals surface area contributed by atoms with Gasteiger partial charge in [0.15, 0.2) is 11.5 Å². The second-order valence-corrected chi connectivity index (χ2v) is 4.58. The summed E-state index contributed by atoms with van der Waals surface area (Å²) < 4.78 is 10.5. The van der Waals surface area contributed by atoms with Crippen LogP contribution in [0.1, 0.15) is 5.56 Å². The van der Waals surface area contributed by atoms with E-state index >= 15 is 0 Å². The summed E-state index contributed by atoms with van der Waals surface area (Å²) in [5, 5.41) is 3.28. The van der Waals surface area contributed by atoms with E-state index in [2.05, 4.69) is 5.32 Å². The lowest BCUT2D eigenvalue weighted by Gasteiger charge is -2.11. The first-order valence-corrected chi connectivity index (χ1v) is 6.44. The number of benzene rings is 2. The van der Waals surface area contributed by atoms with Crippen molar-refractivity contribution in [1.29, 1.82) is 0 Å². The molecule has 0 aliphatic carbocycles. The second-order valence-electron chi connectivity index (χ2n) is 4.14. The number of methoxy groups -OCH3 is 2. The highest BCUT2D eigenvalue weighted by atomic mass is 32.1. The van der Waals surface area contributed by atoms with Gasteiger partial charge in [0.05, 0.1) is 14.2 Å². The van der Waals surface area contributed by atoms with Gasteiger partial charge in [-0.2, -0.15) is 0 Å². The van der Waals surface area contributed by atoms with Gasteiger partial charge in [0, 0.05) is 23.0 Å². The molecular formula is C15H16N2O2S. The van der Waals surface area contributed by atoms with Gasteiger partial charge in [-0.3, -0.25) is 0 Å². The van der Waals surface area contributed by atoms with E-state index in [9.17, 15) is 0 Å². The molecule has 0 unspecified atom stereocenters. The molecule has 20 heavy (non-hydrogen) atoms. The molecule has 0 aliphatic rings. The van der Waals surface area contributed by atoms with Crippen LogP contribution in [0.2, 0.25) is 0 Å². The van der Waals surface area contributed by atoms with Gasteiger partial charge in [0.2, 0.25) is 0 Å². The van der Waals surface area contributed by atoms with Crippen molar-refractivity contribution in [3.05, 3.63) is 48.0 Å². The van der Waals surface area contributed by atoms with Crippen LogP contribution >= 0.6 is 12.2 Å². The van der Waals surface area contributed by atoms with Crippen molar-refractivity contribution in [1.82, 2.24) is 0 Å². The highest BCUT2D eigenvalue weighted by Crippen LogP contribution is 2.31. The Balaban J connectivity index is 2.19. The zero-order chi connectivity index (χ0) is 14.5. The molecule has 2 aromatic rings. The van der Waals surface area contributed by atoms with Gasteiger partial charge >= 0.3 is 0 Å². The van der Waals surface area contributed by atoms with Gasteiger partial charge in [-0.25, -0.2) is 0 Å². The van der Waals surface area contributed by atoms with Crippen LogP contribution in [0.3, 0.4) is 0 Å². The summed E-state index contributed by atoms with van der Waals surface area (Å²) in [5.74, 6) is 1.37. The largest absolute Gasteiger partial charge is 0.493 e. The Hall–Kier alpha value is -2.27. The smallest absolute Gasteiger partial charge is 0.162 e. The number of thiocarbonyl (C=S) groups is 1. The molecule has 4 nitrogen and oxygen atoms in total. The van der Waals surface area contributed by atoms with Crippen molar-refractivity contribution in [2.75, 3.05) is 19.5 Å². The lowest BCUT2D eigenvalue weighted by molar-refractivity contribution is 0.355. The molecule has 0 radical (unpaired) electrons. The summed E-state index contributed by atoms with van der Waals surface area (Å²) >= 11 is 4.92. The first kappa shape index (κ1) is 14.1. The highest BCUT2D eigenvalue weighted by molar-refractivity contribution is 7.80. The summed E-state index contributed by atoms with van der Waals surface area (Å²) in [5.41, 5.74) is 8.26. The summed E-state index contributed by atoms with van der Waals surface area (Å²) in [6.45, 7) is 0. The molecule has 104 valence electrons. The summed E-state index contributed by atoms with van der Waals surface area (Å²) in [7, 11) is 3.22. The van der Waals surface area contributed by atoms with Crippen LogP contribution in [-0.4, -0.2) is 19.2 Å². The van der Waals surface area contributed by atoms with Gasteiger partial charge in [0.1, 0.15) is 4.99 Å². The van der Waals surface area contributed by atoms with E-state index in [1.54, 1.807) is 14.2 Å². The van der Waals surface area contributed by atoms with Crippen LogP contribution in [-0.2, 0) is 0 Å². The Kier molecular flexibility index (Phi) is 4.42. The Morgan fingerprint density at radius 2 is 1.55 bits per heavy atom.